The smallest absolute Gasteiger partial charge is 0.171 e. The molecule has 0 aliphatic carbocycles. The monoisotopic (exact) mass is 551 g/mol. The van der Waals surface area contributed by atoms with Crippen molar-refractivity contribution >= 4 is 34.4 Å². The first-order valence-electron chi connectivity index (χ1n) is 13.0. The second-order valence-corrected chi connectivity index (χ2v) is 11.5. The first-order chi connectivity index (χ1) is 19.4. The van der Waals surface area contributed by atoms with Crippen LogP contribution in [0.2, 0.25) is 0 Å². The summed E-state index contributed by atoms with van der Waals surface area (Å²) in [6.45, 7) is 4.98. The topological polar surface area (TPSA) is 93.2 Å². The number of nitrogens with one attached hydrogen (secondary N) is 1. The average molecular weight is 552 g/mol. The summed E-state index contributed by atoms with van der Waals surface area (Å²) in [5.41, 5.74) is 5.41. The van der Waals surface area contributed by atoms with Crippen LogP contribution in [0.25, 0.3) is 39.3 Å². The molecule has 0 spiro atoms. The highest BCUT2D eigenvalue weighted by Gasteiger charge is 2.35. The van der Waals surface area contributed by atoms with Gasteiger partial charge in [-0.3, -0.25) is 4.57 Å². The molecule has 2 N–H and O–H groups in total. The molecule has 8 nitrogen and oxygen atoms in total. The van der Waals surface area contributed by atoms with Gasteiger partial charge in [-0.2, -0.15) is 0 Å². The van der Waals surface area contributed by atoms with Crippen molar-refractivity contribution in [1.29, 1.82) is 0 Å². The number of halogens is 1. The molecular formula is C30H26FN7OS. The van der Waals surface area contributed by atoms with Crippen LogP contribution in [0.5, 0.6) is 5.75 Å². The van der Waals surface area contributed by atoms with Crippen LogP contribution in [0.4, 0.5) is 10.2 Å². The van der Waals surface area contributed by atoms with E-state index in [-0.39, 0.29) is 17.1 Å². The van der Waals surface area contributed by atoms with Gasteiger partial charge in [-0.05, 0) is 67.8 Å². The zero-order chi connectivity index (χ0) is 27.4. The molecule has 0 amide bonds. The molecule has 5 heterocycles. The highest BCUT2D eigenvalue weighted by atomic mass is 32.2. The SMILES string of the molecule is CC1(C)CSc2nc3c(NCCc4ccc(O)c(-c5cccc(F)c5)c4)nc(-c4ccc5nccn5c4)nc3n21. The van der Waals surface area contributed by atoms with E-state index in [2.05, 4.69) is 28.7 Å². The second-order valence-electron chi connectivity index (χ2n) is 10.5. The Kier molecular flexibility index (Phi) is 5.74. The van der Waals surface area contributed by atoms with Crippen molar-refractivity contribution in [3.05, 3.63) is 84.6 Å². The predicted octanol–water partition coefficient (Wildman–Crippen LogP) is 6.15. The van der Waals surface area contributed by atoms with Gasteiger partial charge >= 0.3 is 0 Å². The van der Waals surface area contributed by atoms with Gasteiger partial charge in [0.2, 0.25) is 0 Å². The molecule has 40 heavy (non-hydrogen) atoms. The Bertz CT molecular complexity index is 1910. The van der Waals surface area contributed by atoms with E-state index in [1.807, 2.05) is 41.1 Å². The lowest BCUT2D eigenvalue weighted by molar-refractivity contribution is 0.404. The van der Waals surface area contributed by atoms with Crippen LogP contribution in [0.3, 0.4) is 0 Å². The number of fused-ring (bicyclic) bond motifs is 4. The van der Waals surface area contributed by atoms with Gasteiger partial charge in [-0.1, -0.05) is 30.0 Å². The van der Waals surface area contributed by atoms with Gasteiger partial charge < -0.3 is 14.8 Å². The molecule has 10 heteroatoms. The molecule has 4 aromatic heterocycles. The van der Waals surface area contributed by atoms with E-state index in [9.17, 15) is 9.50 Å². The lowest BCUT2D eigenvalue weighted by Gasteiger charge is -2.20. The Balaban J connectivity index is 1.23. The molecule has 0 radical (unpaired) electrons. The molecule has 0 saturated carbocycles. The standard InChI is InChI=1S/C30H26FN7OS/c1-30(2)17-40-29-34-25-27(33-11-10-18-6-8-23(39)22(14-18)19-4-3-5-21(31)15-19)35-26(36-28(25)38(29)30)20-7-9-24-32-12-13-37(24)16-20/h3-9,12-16,39H,10-11,17H2,1-2H3,(H,33,35,36). The van der Waals surface area contributed by atoms with Gasteiger partial charge in [0, 0.05) is 42.0 Å². The van der Waals surface area contributed by atoms with E-state index in [4.69, 9.17) is 15.0 Å². The van der Waals surface area contributed by atoms with Crippen molar-refractivity contribution in [2.75, 3.05) is 17.6 Å². The third kappa shape index (κ3) is 4.24. The van der Waals surface area contributed by atoms with Crippen LogP contribution in [-0.4, -0.2) is 46.3 Å². The number of nitrogens with zero attached hydrogens (tertiary/aromatic N) is 6. The van der Waals surface area contributed by atoms with Crippen LogP contribution in [0, 0.1) is 5.82 Å². The fraction of sp³-hybridized carbons (Fsp3) is 0.200. The minimum atomic E-state index is -0.340. The van der Waals surface area contributed by atoms with E-state index in [1.165, 1.54) is 12.1 Å². The van der Waals surface area contributed by atoms with E-state index >= 15 is 0 Å². The van der Waals surface area contributed by atoms with Crippen LogP contribution in [0.15, 0.2) is 78.3 Å². The summed E-state index contributed by atoms with van der Waals surface area (Å²) < 4.78 is 18.0. The lowest BCUT2D eigenvalue weighted by Crippen LogP contribution is -2.24. The number of rotatable bonds is 6. The summed E-state index contributed by atoms with van der Waals surface area (Å²) in [6.07, 6.45) is 6.32. The summed E-state index contributed by atoms with van der Waals surface area (Å²) in [5.74, 6) is 2.00. The van der Waals surface area contributed by atoms with Crippen molar-refractivity contribution in [3.63, 3.8) is 0 Å². The van der Waals surface area contributed by atoms with Crippen LogP contribution < -0.4 is 5.32 Å². The summed E-state index contributed by atoms with van der Waals surface area (Å²) in [5, 5.41) is 14.9. The van der Waals surface area contributed by atoms with E-state index < -0.39 is 0 Å². The molecule has 200 valence electrons. The number of hydrogen-bond donors (Lipinski definition) is 2. The van der Waals surface area contributed by atoms with E-state index in [1.54, 1.807) is 36.2 Å². The minimum absolute atomic E-state index is 0.118. The normalized spacial score (nSPS) is 14.2. The Morgan fingerprint density at radius 3 is 2.83 bits per heavy atom. The molecule has 0 fully saturated rings. The zero-order valence-electron chi connectivity index (χ0n) is 22.0. The Morgan fingerprint density at radius 2 is 1.95 bits per heavy atom. The highest BCUT2D eigenvalue weighted by molar-refractivity contribution is 7.99. The van der Waals surface area contributed by atoms with E-state index in [0.717, 1.165) is 38.8 Å². The Hall–Kier alpha value is -4.44. The average Bonchev–Trinajstić information content (AvgIpc) is 3.64. The van der Waals surface area contributed by atoms with Crippen molar-refractivity contribution in [3.8, 4) is 28.3 Å². The summed E-state index contributed by atoms with van der Waals surface area (Å²) in [7, 11) is 0. The number of anilines is 1. The van der Waals surface area contributed by atoms with Crippen LogP contribution in [0.1, 0.15) is 19.4 Å². The van der Waals surface area contributed by atoms with Gasteiger partial charge in [-0.15, -0.1) is 0 Å². The molecule has 0 unspecified atom stereocenters. The number of benzene rings is 2. The number of thioether (sulfide) groups is 1. The number of imidazole rings is 2. The fourth-order valence-corrected chi connectivity index (χ4v) is 6.37. The first-order valence-corrected chi connectivity index (χ1v) is 14.0. The van der Waals surface area contributed by atoms with Crippen molar-refractivity contribution in [2.45, 2.75) is 31.0 Å². The minimum Gasteiger partial charge on any atom is -0.507 e. The Morgan fingerprint density at radius 1 is 1.05 bits per heavy atom. The number of phenolic OH excluding ortho intramolecular Hbond substituents is 1. The zero-order valence-corrected chi connectivity index (χ0v) is 22.8. The lowest BCUT2D eigenvalue weighted by atomic mass is 10.0. The predicted molar refractivity (Wildman–Crippen MR) is 155 cm³/mol. The summed E-state index contributed by atoms with van der Waals surface area (Å²) >= 11 is 1.73. The number of pyridine rings is 1. The van der Waals surface area contributed by atoms with Gasteiger partial charge in [0.15, 0.2) is 28.0 Å². The second kappa shape index (κ2) is 9.34. The molecule has 7 rings (SSSR count). The number of aromatic hydroxyl groups is 1. The highest BCUT2D eigenvalue weighted by Crippen LogP contribution is 2.41. The van der Waals surface area contributed by atoms with Crippen molar-refractivity contribution in [2.24, 2.45) is 0 Å². The van der Waals surface area contributed by atoms with Crippen molar-refractivity contribution in [1.82, 2.24) is 28.9 Å². The summed E-state index contributed by atoms with van der Waals surface area (Å²) in [4.78, 5) is 19.2. The Labute approximate surface area is 234 Å². The first kappa shape index (κ1) is 24.6. The van der Waals surface area contributed by atoms with Gasteiger partial charge in [0.05, 0.1) is 5.54 Å². The maximum atomic E-state index is 13.8. The maximum Gasteiger partial charge on any atom is 0.171 e. The maximum absolute atomic E-state index is 13.8. The fourth-order valence-electron chi connectivity index (χ4n) is 5.14. The molecule has 0 bridgehead atoms. The number of phenols is 1. The number of hydrogen-bond acceptors (Lipinski definition) is 7. The van der Waals surface area contributed by atoms with Gasteiger partial charge in [0.1, 0.15) is 17.2 Å². The largest absolute Gasteiger partial charge is 0.507 e. The molecule has 0 saturated heterocycles. The molecule has 0 atom stereocenters. The van der Waals surface area contributed by atoms with Crippen LogP contribution >= 0.6 is 11.8 Å². The van der Waals surface area contributed by atoms with E-state index in [0.29, 0.717) is 35.7 Å². The van der Waals surface area contributed by atoms with Gasteiger partial charge in [0.25, 0.3) is 0 Å². The third-order valence-corrected chi connectivity index (χ3v) is 8.57. The van der Waals surface area contributed by atoms with Gasteiger partial charge in [-0.25, -0.2) is 24.3 Å². The third-order valence-electron chi connectivity index (χ3n) is 7.19. The molecule has 1 aliphatic rings. The molecule has 6 aromatic rings. The quantitative estimate of drug-likeness (QED) is 0.257. The molecular weight excluding hydrogens is 525 g/mol. The summed E-state index contributed by atoms with van der Waals surface area (Å²) in [6, 6.07) is 15.6. The molecule has 2 aromatic carbocycles. The number of aromatic nitrogens is 6. The van der Waals surface area contributed by atoms with Crippen molar-refractivity contribution < 1.29 is 9.50 Å². The van der Waals surface area contributed by atoms with Crippen LogP contribution in [-0.2, 0) is 12.0 Å². The molecule has 1 aliphatic heterocycles.